The maximum atomic E-state index is 13.9. The number of morpholine rings is 1. The Hall–Kier alpha value is -1.56. The Kier molecular flexibility index (Phi) is 3.56. The molecule has 6 heteroatoms. The van der Waals surface area contributed by atoms with Crippen molar-refractivity contribution in [2.45, 2.75) is 5.92 Å². The minimum Gasteiger partial charge on any atom is -0.378 e. The zero-order valence-corrected chi connectivity index (χ0v) is 9.54. The van der Waals surface area contributed by atoms with Gasteiger partial charge in [-0.2, -0.15) is 8.78 Å². The third kappa shape index (κ3) is 2.48. The summed E-state index contributed by atoms with van der Waals surface area (Å²) in [6.45, 7) is 0.807. The van der Waals surface area contributed by atoms with Crippen LogP contribution in [-0.4, -0.2) is 37.1 Å². The summed E-state index contributed by atoms with van der Waals surface area (Å²) in [6, 6.07) is 3.67. The number of halogens is 3. The van der Waals surface area contributed by atoms with E-state index in [0.29, 0.717) is 0 Å². The lowest BCUT2D eigenvalue weighted by Crippen LogP contribution is -2.47. The van der Waals surface area contributed by atoms with E-state index >= 15 is 0 Å². The standard InChI is InChI=1S/C12H12F3NO2/c13-10-3-1-9(2-4-10)12(14,15)11(17)16-5-7-18-8-6-16/h1-4H,5-8H2. The van der Waals surface area contributed by atoms with Crippen LogP contribution in [0, 0.1) is 5.82 Å². The SMILES string of the molecule is O=C(N1CCOCC1)C(F)(F)c1ccc(F)cc1. The fourth-order valence-corrected chi connectivity index (χ4v) is 1.75. The monoisotopic (exact) mass is 259 g/mol. The van der Waals surface area contributed by atoms with Crippen molar-refractivity contribution in [3.05, 3.63) is 35.6 Å². The number of carbonyl (C=O) groups excluding carboxylic acids is 1. The molecule has 1 amide bonds. The Bertz CT molecular complexity index is 427. The van der Waals surface area contributed by atoms with E-state index in [9.17, 15) is 18.0 Å². The molecule has 0 aromatic heterocycles. The average Bonchev–Trinajstić information content (AvgIpc) is 2.39. The molecule has 1 saturated heterocycles. The third-order valence-electron chi connectivity index (χ3n) is 2.77. The summed E-state index contributed by atoms with van der Waals surface area (Å²) in [5, 5.41) is 0. The molecule has 0 spiro atoms. The first-order valence-electron chi connectivity index (χ1n) is 5.53. The number of rotatable bonds is 2. The highest BCUT2D eigenvalue weighted by Gasteiger charge is 2.44. The van der Waals surface area contributed by atoms with Gasteiger partial charge in [0.2, 0.25) is 0 Å². The third-order valence-corrected chi connectivity index (χ3v) is 2.77. The van der Waals surface area contributed by atoms with Gasteiger partial charge in [0.15, 0.2) is 0 Å². The fraction of sp³-hybridized carbons (Fsp3) is 0.417. The molecule has 1 aromatic carbocycles. The first kappa shape index (κ1) is 12.9. The molecule has 1 aliphatic heterocycles. The van der Waals surface area contributed by atoms with Gasteiger partial charge in [-0.05, 0) is 24.3 Å². The van der Waals surface area contributed by atoms with E-state index in [1.165, 1.54) is 0 Å². The number of benzene rings is 1. The van der Waals surface area contributed by atoms with Gasteiger partial charge in [-0.15, -0.1) is 0 Å². The van der Waals surface area contributed by atoms with Crippen molar-refractivity contribution in [2.24, 2.45) is 0 Å². The maximum absolute atomic E-state index is 13.9. The van der Waals surface area contributed by atoms with Gasteiger partial charge in [-0.25, -0.2) is 4.39 Å². The molecule has 1 aromatic rings. The lowest BCUT2D eigenvalue weighted by Gasteiger charge is -2.30. The van der Waals surface area contributed by atoms with Crippen molar-refractivity contribution in [3.63, 3.8) is 0 Å². The molecule has 1 fully saturated rings. The van der Waals surface area contributed by atoms with Crippen molar-refractivity contribution in [1.29, 1.82) is 0 Å². The molecule has 0 aliphatic carbocycles. The normalized spacial score (nSPS) is 16.7. The molecule has 98 valence electrons. The summed E-state index contributed by atoms with van der Waals surface area (Å²) >= 11 is 0. The molecule has 0 bridgehead atoms. The zero-order chi connectivity index (χ0) is 13.2. The van der Waals surface area contributed by atoms with Gasteiger partial charge in [-0.1, -0.05) is 0 Å². The summed E-state index contributed by atoms with van der Waals surface area (Å²) < 4.78 is 45.5. The maximum Gasteiger partial charge on any atom is 0.349 e. The number of hydrogen-bond acceptors (Lipinski definition) is 2. The Morgan fingerprint density at radius 1 is 1.17 bits per heavy atom. The van der Waals surface area contributed by atoms with Gasteiger partial charge >= 0.3 is 5.92 Å². The van der Waals surface area contributed by atoms with Gasteiger partial charge in [0, 0.05) is 18.7 Å². The number of ether oxygens (including phenoxy) is 1. The minimum atomic E-state index is -3.63. The second-order valence-corrected chi connectivity index (χ2v) is 3.99. The van der Waals surface area contributed by atoms with Crippen molar-refractivity contribution in [3.8, 4) is 0 Å². The van der Waals surface area contributed by atoms with Crippen molar-refractivity contribution < 1.29 is 22.7 Å². The van der Waals surface area contributed by atoms with E-state index in [4.69, 9.17) is 4.74 Å². The molecule has 2 rings (SSSR count). The molecule has 0 saturated carbocycles. The van der Waals surface area contributed by atoms with Crippen LogP contribution in [0.25, 0.3) is 0 Å². The summed E-state index contributed by atoms with van der Waals surface area (Å²) in [5.41, 5.74) is -0.500. The summed E-state index contributed by atoms with van der Waals surface area (Å²) in [6.07, 6.45) is 0. The Balaban J connectivity index is 2.18. The highest BCUT2D eigenvalue weighted by Crippen LogP contribution is 2.30. The van der Waals surface area contributed by atoms with Crippen LogP contribution in [0.15, 0.2) is 24.3 Å². The first-order chi connectivity index (χ1) is 8.51. The Labute approximate surface area is 102 Å². The van der Waals surface area contributed by atoms with Gasteiger partial charge < -0.3 is 9.64 Å². The van der Waals surface area contributed by atoms with E-state index in [2.05, 4.69) is 0 Å². The molecule has 3 nitrogen and oxygen atoms in total. The van der Waals surface area contributed by atoms with Crippen molar-refractivity contribution >= 4 is 5.91 Å². The number of alkyl halides is 2. The van der Waals surface area contributed by atoms with E-state index in [1.54, 1.807) is 0 Å². The number of hydrogen-bond donors (Lipinski definition) is 0. The zero-order valence-electron chi connectivity index (χ0n) is 9.54. The Morgan fingerprint density at radius 3 is 2.28 bits per heavy atom. The van der Waals surface area contributed by atoms with Gasteiger partial charge in [-0.3, -0.25) is 4.79 Å². The summed E-state index contributed by atoms with van der Waals surface area (Å²) in [4.78, 5) is 12.8. The molecular formula is C12H12F3NO2. The predicted octanol–water partition coefficient (Wildman–Crippen LogP) is 1.78. The molecule has 0 atom stereocenters. The van der Waals surface area contributed by atoms with Gasteiger partial charge in [0.05, 0.1) is 13.2 Å². The van der Waals surface area contributed by atoms with Crippen LogP contribution in [0.5, 0.6) is 0 Å². The smallest absolute Gasteiger partial charge is 0.349 e. The van der Waals surface area contributed by atoms with Crippen LogP contribution >= 0.6 is 0 Å². The minimum absolute atomic E-state index is 0.148. The molecule has 0 N–H and O–H groups in total. The largest absolute Gasteiger partial charge is 0.378 e. The van der Waals surface area contributed by atoms with E-state index < -0.39 is 23.2 Å². The number of nitrogens with zero attached hydrogens (tertiary/aromatic N) is 1. The van der Waals surface area contributed by atoms with Crippen LogP contribution in [0.3, 0.4) is 0 Å². The molecule has 18 heavy (non-hydrogen) atoms. The Morgan fingerprint density at radius 2 is 1.72 bits per heavy atom. The van der Waals surface area contributed by atoms with E-state index in [-0.39, 0.29) is 26.3 Å². The van der Waals surface area contributed by atoms with Crippen LogP contribution in [0.4, 0.5) is 13.2 Å². The highest BCUT2D eigenvalue weighted by atomic mass is 19.3. The number of carbonyl (C=O) groups is 1. The van der Waals surface area contributed by atoms with Gasteiger partial charge in [0.1, 0.15) is 5.82 Å². The van der Waals surface area contributed by atoms with Crippen LogP contribution < -0.4 is 0 Å². The topological polar surface area (TPSA) is 29.5 Å². The lowest BCUT2D eigenvalue weighted by atomic mass is 10.1. The first-order valence-corrected chi connectivity index (χ1v) is 5.53. The predicted molar refractivity (Wildman–Crippen MR) is 57.7 cm³/mol. The average molecular weight is 259 g/mol. The summed E-state index contributed by atoms with van der Waals surface area (Å²) in [7, 11) is 0. The molecule has 0 unspecified atom stereocenters. The van der Waals surface area contributed by atoms with Crippen LogP contribution in [-0.2, 0) is 15.5 Å². The van der Waals surface area contributed by atoms with Gasteiger partial charge in [0.25, 0.3) is 5.91 Å². The fourth-order valence-electron chi connectivity index (χ4n) is 1.75. The second-order valence-electron chi connectivity index (χ2n) is 3.99. The van der Waals surface area contributed by atoms with Crippen LogP contribution in [0.1, 0.15) is 5.56 Å². The highest BCUT2D eigenvalue weighted by molar-refractivity contribution is 5.84. The summed E-state index contributed by atoms with van der Waals surface area (Å²) in [5.74, 6) is -5.52. The quantitative estimate of drug-likeness (QED) is 0.810. The number of amides is 1. The molecule has 1 heterocycles. The molecular weight excluding hydrogens is 247 g/mol. The van der Waals surface area contributed by atoms with E-state index in [0.717, 1.165) is 29.2 Å². The molecule has 0 radical (unpaired) electrons. The van der Waals surface area contributed by atoms with E-state index in [1.807, 2.05) is 0 Å². The van der Waals surface area contributed by atoms with Crippen LogP contribution in [0.2, 0.25) is 0 Å². The molecule has 1 aliphatic rings. The van der Waals surface area contributed by atoms with Crippen molar-refractivity contribution in [1.82, 2.24) is 4.90 Å². The van der Waals surface area contributed by atoms with Crippen molar-refractivity contribution in [2.75, 3.05) is 26.3 Å². The second kappa shape index (κ2) is 4.97. The lowest BCUT2D eigenvalue weighted by molar-refractivity contribution is -0.163.